The van der Waals surface area contributed by atoms with Crippen LogP contribution in [-0.2, 0) is 0 Å². The molecule has 1 aliphatic carbocycles. The largest absolute Gasteiger partial charge is 0.170 e. The van der Waals surface area contributed by atoms with E-state index in [2.05, 4.69) is 19.6 Å². The Bertz CT molecular complexity index is 120. The Kier molecular flexibility index (Phi) is 2.53. The lowest BCUT2D eigenvalue weighted by molar-refractivity contribution is 0.682. The molecule has 0 aliphatic heterocycles. The molecule has 0 aromatic heterocycles. The van der Waals surface area contributed by atoms with Gasteiger partial charge in [-0.15, -0.1) is 0 Å². The van der Waals surface area contributed by atoms with Crippen molar-refractivity contribution in [3.05, 3.63) is 0 Å². The monoisotopic (exact) mass is 160 g/mol. The molecule has 2 unspecified atom stereocenters. The van der Waals surface area contributed by atoms with Crippen LogP contribution in [0.1, 0.15) is 26.2 Å². The summed E-state index contributed by atoms with van der Waals surface area (Å²) in [5.74, 6) is 0.684. The van der Waals surface area contributed by atoms with Crippen LogP contribution in [0.4, 0.5) is 0 Å². The van der Waals surface area contributed by atoms with Crippen molar-refractivity contribution in [3.63, 3.8) is 0 Å². The maximum atomic E-state index is 5.03. The summed E-state index contributed by atoms with van der Waals surface area (Å²) in [6.07, 6.45) is 3.85. The van der Waals surface area contributed by atoms with Crippen molar-refractivity contribution >= 4 is 29.7 Å². The van der Waals surface area contributed by atoms with Crippen LogP contribution in [0.15, 0.2) is 0 Å². The second kappa shape index (κ2) is 3.02. The van der Waals surface area contributed by atoms with Gasteiger partial charge in [-0.3, -0.25) is 0 Å². The van der Waals surface area contributed by atoms with Crippen LogP contribution in [0.3, 0.4) is 0 Å². The van der Waals surface area contributed by atoms with Gasteiger partial charge in [0.05, 0.1) is 0 Å². The molecule has 0 heterocycles. The molecule has 0 nitrogen and oxygen atoms in total. The van der Waals surface area contributed by atoms with E-state index >= 15 is 0 Å². The highest BCUT2D eigenvalue weighted by Gasteiger charge is 2.40. The zero-order chi connectivity index (χ0) is 6.85. The quantitative estimate of drug-likeness (QED) is 0.489. The maximum Gasteiger partial charge on any atom is 0.0407 e. The van der Waals surface area contributed by atoms with E-state index in [1.807, 2.05) is 0 Å². The van der Waals surface area contributed by atoms with Crippen molar-refractivity contribution in [1.29, 1.82) is 0 Å². The highest BCUT2D eigenvalue weighted by atomic mass is 32.1. The summed E-state index contributed by atoms with van der Waals surface area (Å²) in [7, 11) is 0. The van der Waals surface area contributed by atoms with Gasteiger partial charge >= 0.3 is 0 Å². The van der Waals surface area contributed by atoms with Gasteiger partial charge in [0.15, 0.2) is 0 Å². The first-order valence-corrected chi connectivity index (χ1v) is 4.41. The van der Waals surface area contributed by atoms with Gasteiger partial charge in [-0.25, -0.2) is 0 Å². The molecule has 9 heavy (non-hydrogen) atoms. The van der Waals surface area contributed by atoms with E-state index in [9.17, 15) is 0 Å². The SMILES string of the molecule is CCCCC1C(=S)C1S. The summed E-state index contributed by atoms with van der Waals surface area (Å²) < 4.78 is 0. The zero-order valence-corrected chi connectivity index (χ0v) is 7.34. The summed E-state index contributed by atoms with van der Waals surface area (Å²) in [6, 6.07) is 0. The molecule has 0 spiro atoms. The molecule has 1 fully saturated rings. The molecule has 0 aromatic rings. The van der Waals surface area contributed by atoms with Crippen molar-refractivity contribution in [1.82, 2.24) is 0 Å². The molecule has 0 aromatic carbocycles. The van der Waals surface area contributed by atoms with Gasteiger partial charge in [0.1, 0.15) is 0 Å². The van der Waals surface area contributed by atoms with Crippen LogP contribution in [0.25, 0.3) is 0 Å². The number of thiol groups is 1. The van der Waals surface area contributed by atoms with E-state index in [1.165, 1.54) is 24.1 Å². The van der Waals surface area contributed by atoms with E-state index in [0.29, 0.717) is 11.2 Å². The fraction of sp³-hybridized carbons (Fsp3) is 0.857. The minimum absolute atomic E-state index is 0.464. The van der Waals surface area contributed by atoms with Crippen LogP contribution >= 0.6 is 24.8 Å². The number of thiocarbonyl (C=S) groups is 1. The molecule has 0 bridgehead atoms. The van der Waals surface area contributed by atoms with E-state index < -0.39 is 0 Å². The first-order valence-electron chi connectivity index (χ1n) is 3.49. The molecule has 2 heteroatoms. The predicted molar refractivity (Wildman–Crippen MR) is 48.4 cm³/mol. The fourth-order valence-electron chi connectivity index (χ4n) is 1.00. The molecule has 1 aliphatic rings. The van der Waals surface area contributed by atoms with E-state index in [1.54, 1.807) is 0 Å². The lowest BCUT2D eigenvalue weighted by atomic mass is 10.2. The molecule has 0 N–H and O–H groups in total. The third-order valence-corrected chi connectivity index (χ3v) is 3.17. The first kappa shape index (κ1) is 7.55. The van der Waals surface area contributed by atoms with Gasteiger partial charge in [-0.05, 0) is 6.42 Å². The molecular weight excluding hydrogens is 148 g/mol. The van der Waals surface area contributed by atoms with Crippen LogP contribution < -0.4 is 0 Å². The summed E-state index contributed by atoms with van der Waals surface area (Å²) >= 11 is 9.33. The van der Waals surface area contributed by atoms with E-state index in [4.69, 9.17) is 12.2 Å². The van der Waals surface area contributed by atoms with Gasteiger partial charge in [-0.1, -0.05) is 32.0 Å². The molecule has 1 rings (SSSR count). The second-order valence-corrected chi connectivity index (χ2v) is 3.62. The highest BCUT2D eigenvalue weighted by molar-refractivity contribution is 7.88. The Morgan fingerprint density at radius 3 is 2.56 bits per heavy atom. The summed E-state index contributed by atoms with van der Waals surface area (Å²) in [5, 5.41) is 0.464. The highest BCUT2D eigenvalue weighted by Crippen LogP contribution is 2.36. The Balaban J connectivity index is 2.11. The number of unbranched alkanes of at least 4 members (excludes halogenated alkanes) is 1. The minimum Gasteiger partial charge on any atom is -0.170 e. The van der Waals surface area contributed by atoms with Crippen molar-refractivity contribution in [2.75, 3.05) is 0 Å². The first-order chi connectivity index (χ1) is 4.27. The minimum atomic E-state index is 0.464. The number of hydrogen-bond donors (Lipinski definition) is 1. The molecule has 0 amide bonds. The Morgan fingerprint density at radius 2 is 2.22 bits per heavy atom. The average molecular weight is 160 g/mol. The Hall–Kier alpha value is 0.440. The van der Waals surface area contributed by atoms with Gasteiger partial charge in [-0.2, -0.15) is 12.6 Å². The Morgan fingerprint density at radius 1 is 1.67 bits per heavy atom. The van der Waals surface area contributed by atoms with Gasteiger partial charge < -0.3 is 0 Å². The summed E-state index contributed by atoms with van der Waals surface area (Å²) in [5.41, 5.74) is 0. The number of hydrogen-bond acceptors (Lipinski definition) is 2. The third-order valence-electron chi connectivity index (χ3n) is 1.80. The Labute approximate surface area is 67.4 Å². The topological polar surface area (TPSA) is 0 Å². The van der Waals surface area contributed by atoms with Gasteiger partial charge in [0.25, 0.3) is 0 Å². The normalized spacial score (nSPS) is 32.9. The maximum absolute atomic E-state index is 5.03. The van der Waals surface area contributed by atoms with Crippen molar-refractivity contribution in [3.8, 4) is 0 Å². The van der Waals surface area contributed by atoms with Crippen LogP contribution in [0.5, 0.6) is 0 Å². The van der Waals surface area contributed by atoms with Crippen LogP contribution in [-0.4, -0.2) is 10.1 Å². The fourth-order valence-corrected chi connectivity index (χ4v) is 1.87. The second-order valence-electron chi connectivity index (χ2n) is 2.60. The van der Waals surface area contributed by atoms with Crippen molar-refractivity contribution in [2.24, 2.45) is 5.92 Å². The predicted octanol–water partition coefficient (Wildman–Crippen LogP) is 2.47. The zero-order valence-electron chi connectivity index (χ0n) is 5.63. The molecule has 52 valence electrons. The van der Waals surface area contributed by atoms with E-state index in [-0.39, 0.29) is 0 Å². The van der Waals surface area contributed by atoms with Gasteiger partial charge in [0.2, 0.25) is 0 Å². The molecule has 1 saturated carbocycles. The van der Waals surface area contributed by atoms with Crippen LogP contribution in [0.2, 0.25) is 0 Å². The lowest BCUT2D eigenvalue weighted by Gasteiger charge is -1.90. The molecular formula is C7H12S2. The third kappa shape index (κ3) is 1.68. The van der Waals surface area contributed by atoms with Crippen molar-refractivity contribution < 1.29 is 0 Å². The van der Waals surface area contributed by atoms with E-state index in [0.717, 1.165) is 0 Å². The summed E-state index contributed by atoms with van der Waals surface area (Å²) in [4.78, 5) is 1.19. The van der Waals surface area contributed by atoms with Crippen LogP contribution in [0, 0.1) is 5.92 Å². The molecule has 0 saturated heterocycles. The molecule has 0 radical (unpaired) electrons. The standard InChI is InChI=1S/C7H12S2/c1-2-3-4-5-6(8)7(5)9/h5-6,8H,2-4H2,1H3. The lowest BCUT2D eigenvalue weighted by Crippen LogP contribution is -1.79. The number of rotatable bonds is 3. The smallest absolute Gasteiger partial charge is 0.0407 e. The van der Waals surface area contributed by atoms with Crippen molar-refractivity contribution in [2.45, 2.75) is 31.4 Å². The summed E-state index contributed by atoms with van der Waals surface area (Å²) in [6.45, 7) is 2.21. The van der Waals surface area contributed by atoms with Gasteiger partial charge in [0, 0.05) is 16.0 Å². The molecule has 2 atom stereocenters. The average Bonchev–Trinajstić information content (AvgIpc) is 2.39.